The van der Waals surface area contributed by atoms with E-state index in [-0.39, 0.29) is 66.6 Å². The average molecular weight is 1810 g/mol. The van der Waals surface area contributed by atoms with Gasteiger partial charge in [0.25, 0.3) is 0 Å². The predicted molar refractivity (Wildman–Crippen MR) is 498 cm³/mol. The number of benzene rings is 4. The van der Waals surface area contributed by atoms with E-state index in [1.807, 2.05) is 194 Å². The number of aromatic nitrogens is 9. The monoisotopic (exact) mass is 1800 g/mol. The van der Waals surface area contributed by atoms with Gasteiger partial charge in [-0.3, -0.25) is 34.4 Å². The number of rotatable bonds is 16. The Hall–Kier alpha value is -12.8. The van der Waals surface area contributed by atoms with Crippen molar-refractivity contribution in [1.29, 1.82) is 0 Å². The molecule has 8 amide bonds. The van der Waals surface area contributed by atoms with Gasteiger partial charge in [0.15, 0.2) is 5.69 Å². The number of amides is 8. The minimum absolute atomic E-state index is 0.151. The highest BCUT2D eigenvalue weighted by Crippen LogP contribution is 2.49. The van der Waals surface area contributed by atoms with Crippen molar-refractivity contribution in [3.63, 3.8) is 0 Å². The van der Waals surface area contributed by atoms with Crippen LogP contribution in [0.15, 0.2) is 171 Å². The third-order valence-corrected chi connectivity index (χ3v) is 23.8. The van der Waals surface area contributed by atoms with Gasteiger partial charge >= 0.3 is 30.3 Å². The lowest BCUT2D eigenvalue weighted by Crippen LogP contribution is -2.51. The topological polar surface area (TPSA) is 306 Å². The summed E-state index contributed by atoms with van der Waals surface area (Å²) < 4.78 is 22.1. The maximum atomic E-state index is 13.4. The highest BCUT2D eigenvalue weighted by atomic mass is 35.5. The third kappa shape index (κ3) is 21.8. The average Bonchev–Trinajstić information content (AvgIpc) is 1.57. The van der Waals surface area contributed by atoms with Gasteiger partial charge in [-0.2, -0.15) is 0 Å². The summed E-state index contributed by atoms with van der Waals surface area (Å²) in [5.74, 6) is -0.151. The van der Waals surface area contributed by atoms with Gasteiger partial charge in [0.05, 0.1) is 133 Å². The number of hydrogen-bond donors (Lipinski definition) is 5. The molecule has 6 aliphatic rings. The van der Waals surface area contributed by atoms with Gasteiger partial charge in [-0.1, -0.05) is 83.3 Å². The second-order valence-corrected chi connectivity index (χ2v) is 35.7. The first-order valence-electron chi connectivity index (χ1n) is 43.1. The summed E-state index contributed by atoms with van der Waals surface area (Å²) in [6.07, 6.45) is 20.4. The van der Waals surface area contributed by atoms with Gasteiger partial charge in [-0.15, -0.1) is 0 Å². The van der Waals surface area contributed by atoms with Crippen LogP contribution in [0, 0.1) is 6.57 Å². The van der Waals surface area contributed by atoms with Crippen LogP contribution in [0.4, 0.5) is 35.3 Å². The number of pyridine rings is 3. The van der Waals surface area contributed by atoms with Crippen molar-refractivity contribution in [3.05, 3.63) is 282 Å². The number of nitrogens with one attached hydrogen (secondary N) is 5. The number of carbonyl (C=O) groups excluding carboxylic acids is 6. The Bertz CT molecular complexity index is 5910. The summed E-state index contributed by atoms with van der Waals surface area (Å²) in [5.41, 5.74) is 17.1. The van der Waals surface area contributed by atoms with Crippen LogP contribution in [0.5, 0.6) is 0 Å². The number of ether oxygens (including phenoxy) is 3. The summed E-state index contributed by atoms with van der Waals surface area (Å²) in [6.45, 7) is 32.5. The van der Waals surface area contributed by atoms with E-state index in [1.165, 1.54) is 6.92 Å². The fourth-order valence-corrected chi connectivity index (χ4v) is 17.7. The second kappa shape index (κ2) is 40.7. The molecule has 4 aromatic carbocycles. The fourth-order valence-electron chi connectivity index (χ4n) is 17.2. The molecule has 30 nitrogen and oxygen atoms in total. The van der Waals surface area contributed by atoms with E-state index >= 15 is 0 Å². The van der Waals surface area contributed by atoms with E-state index in [1.54, 1.807) is 88.9 Å². The van der Waals surface area contributed by atoms with E-state index in [4.69, 9.17) is 70.5 Å². The Morgan fingerprint density at radius 2 is 0.806 bits per heavy atom. The van der Waals surface area contributed by atoms with Gasteiger partial charge in [-0.25, -0.2) is 43.8 Å². The van der Waals surface area contributed by atoms with Crippen LogP contribution in [-0.2, 0) is 40.1 Å². The van der Waals surface area contributed by atoms with Crippen LogP contribution in [-0.4, -0.2) is 212 Å². The Morgan fingerprint density at radius 3 is 1.13 bits per heavy atom. The molecule has 672 valence electrons. The summed E-state index contributed by atoms with van der Waals surface area (Å²) in [4.78, 5) is 121. The predicted octanol–water partition coefficient (Wildman–Crippen LogP) is 16.6. The molecular weight excluding hydrogens is 1700 g/mol. The van der Waals surface area contributed by atoms with Crippen LogP contribution >= 0.6 is 34.8 Å². The molecule has 6 atom stereocenters. The van der Waals surface area contributed by atoms with Crippen molar-refractivity contribution in [2.24, 2.45) is 21.1 Å². The first-order chi connectivity index (χ1) is 61.8. The minimum atomic E-state index is -0.588. The van der Waals surface area contributed by atoms with Gasteiger partial charge in [0.2, 0.25) is 5.91 Å². The molecule has 0 spiro atoms. The Morgan fingerprint density at radius 1 is 0.457 bits per heavy atom. The van der Waals surface area contributed by atoms with Crippen LogP contribution in [0.25, 0.3) is 39.8 Å². The van der Waals surface area contributed by atoms with Gasteiger partial charge in [0.1, 0.15) is 0 Å². The molecule has 16 rings (SSSR count). The molecule has 9 heterocycles. The van der Waals surface area contributed by atoms with Gasteiger partial charge in [0, 0.05) is 151 Å². The molecule has 3 saturated heterocycles. The normalized spacial score (nSPS) is 17.5. The first kappa shape index (κ1) is 92.4. The van der Waals surface area contributed by atoms with Crippen molar-refractivity contribution >= 4 is 117 Å². The van der Waals surface area contributed by atoms with E-state index in [0.29, 0.717) is 105 Å². The van der Waals surface area contributed by atoms with Crippen LogP contribution < -0.4 is 26.6 Å². The molecule has 0 bridgehead atoms. The van der Waals surface area contributed by atoms with Crippen LogP contribution in [0.1, 0.15) is 190 Å². The molecule has 129 heavy (non-hydrogen) atoms. The first-order valence-corrected chi connectivity index (χ1v) is 44.3. The summed E-state index contributed by atoms with van der Waals surface area (Å²) in [7, 11) is 5.71. The number of alkyl carbamates (subject to hydrolysis) is 1. The Balaban J connectivity index is 0.000000157. The maximum absolute atomic E-state index is 13.4. The second-order valence-electron chi connectivity index (χ2n) is 34.4. The number of imidazole rings is 3. The van der Waals surface area contributed by atoms with E-state index in [0.717, 1.165) is 101 Å². The molecule has 3 aliphatic carbocycles. The Kier molecular flexibility index (Phi) is 29.2. The molecule has 6 aromatic heterocycles. The number of carbonyl (C=O) groups is 6. The minimum Gasteiger partial charge on any atom is -0.447 e. The zero-order chi connectivity index (χ0) is 91.6. The van der Waals surface area contributed by atoms with Crippen molar-refractivity contribution in [1.82, 2.24) is 94.3 Å². The lowest BCUT2D eigenvalue weighted by molar-refractivity contribution is -0.119. The smallest absolute Gasteiger partial charge is 0.410 e. The molecule has 5 N–H and O–H groups in total. The zero-order valence-electron chi connectivity index (χ0n) is 74.5. The molecule has 10 aromatic rings. The fraction of sp³-hybridized carbons (Fsp3) is 0.365. The van der Waals surface area contributed by atoms with Crippen molar-refractivity contribution in [2.75, 3.05) is 83.9 Å². The third-order valence-electron chi connectivity index (χ3n) is 23.0. The van der Waals surface area contributed by atoms with Gasteiger partial charge in [-0.05, 0) is 214 Å². The number of aryl methyl sites for hydroxylation is 3. The van der Waals surface area contributed by atoms with Gasteiger partial charge < -0.3 is 69.2 Å². The number of piperazine rings is 3. The Labute approximate surface area is 766 Å². The molecule has 0 saturated carbocycles. The zero-order valence-corrected chi connectivity index (χ0v) is 76.8. The van der Waals surface area contributed by atoms with Crippen LogP contribution in [0.2, 0.25) is 15.1 Å². The standard InChI is InChI=1S/C36H38ClN9O2.C31H37ClN6O4.C29H33ClN6O3/c1-36(2,3)43-34(47)42-32(30-21-39-22-44(30)5)29-19-23-7-6-14-40-31(23)33(27-13-8-24(37)20-28(27)29)45-15-17-46(18-16-45)35(48)41-26-11-9-25(38-4)10-12-26;1-19(2)41-30(39)35-28(26-17-33-18-36(26)5)25-15-21-7-6-10-34-27(21)29(23-9-8-22(32)16-24(23)25)37-11-13-38(14-12-37)31(40)42-20(3)4;1-18(2)39-29(38)36-12-10-35(11-13-36)28-22-8-7-21(30)15-23(22)24(14-20-6-5-9-32-26(20)28)27(33-19(3)37)25-16-31-17-34(25)4/h6-14,19-22,32-33H,15-18H2,1-3,5H3,(H,41,48)(H2,42,43,47);6-10,15-20,28-29H,11-14H2,1-5H3,(H,35,39);5-9,14-18,27-28H,10-13H2,1-4H3,(H,33,37)/t32?,33-;28?,29-;27?,28-/m000/s1. The van der Waals surface area contributed by atoms with E-state index < -0.39 is 29.8 Å². The number of fused-ring (bicyclic) bond motifs is 6. The number of halogens is 3. The molecule has 3 aliphatic heterocycles. The highest BCUT2D eigenvalue weighted by Gasteiger charge is 2.42. The number of hydrogen-bond acceptors (Lipinski definition) is 18. The summed E-state index contributed by atoms with van der Waals surface area (Å²) in [6, 6.07) is 33.7. The SMILES string of the molecule is CC(=O)NC(C1=Cc2cccnc2[C@@H](N2CCN(C(=O)OC(C)C)CC2)c2ccc(Cl)cc21)c1cncn1C.CC(C)OC(=O)NC(C1=Cc2cccnc2[C@@H](N2CCN(C(=O)OC(C)C)CC2)c2ccc(Cl)cc21)c1cncn1C.[C-]#[N+]c1ccc(NC(=O)N2CCN([C@H]3c4ccc(Cl)cc4C(C(NC(=O)NC(C)(C)C)c4cncn4C)=Cc4cccnc43)CC2)cc1. The molecule has 33 heteroatoms. The van der Waals surface area contributed by atoms with Crippen molar-refractivity contribution in [3.8, 4) is 0 Å². The maximum Gasteiger partial charge on any atom is 0.410 e. The quantitative estimate of drug-likeness (QED) is 0.0443. The molecular formula is C96H108Cl3N21O9. The van der Waals surface area contributed by atoms with E-state index in [9.17, 15) is 28.8 Å². The van der Waals surface area contributed by atoms with Crippen LogP contribution in [0.3, 0.4) is 0 Å². The van der Waals surface area contributed by atoms with Crippen molar-refractivity contribution in [2.45, 2.75) is 129 Å². The number of nitrogens with zero attached hydrogens (tertiary/aromatic N) is 16. The molecule has 3 fully saturated rings. The molecule has 3 unspecified atom stereocenters. The molecule has 0 radical (unpaired) electrons. The van der Waals surface area contributed by atoms with Crippen molar-refractivity contribution < 1.29 is 43.0 Å². The number of urea groups is 2. The largest absolute Gasteiger partial charge is 0.447 e. The highest BCUT2D eigenvalue weighted by molar-refractivity contribution is 6.31. The number of anilines is 1. The lowest BCUT2D eigenvalue weighted by atomic mass is 9.89. The summed E-state index contributed by atoms with van der Waals surface area (Å²) in [5, 5.41) is 17.2. The lowest BCUT2D eigenvalue weighted by Gasteiger charge is -2.40. The van der Waals surface area contributed by atoms with E-state index in [2.05, 4.69) is 79.3 Å². The summed E-state index contributed by atoms with van der Waals surface area (Å²) >= 11 is 19.9.